The first kappa shape index (κ1) is 20.7. The van der Waals surface area contributed by atoms with Gasteiger partial charge in [0.25, 0.3) is 5.91 Å². The lowest BCUT2D eigenvalue weighted by Gasteiger charge is -2.30. The van der Waals surface area contributed by atoms with Crippen LogP contribution in [0.25, 0.3) is 0 Å². The van der Waals surface area contributed by atoms with Gasteiger partial charge in [0.2, 0.25) is 5.91 Å². The molecule has 2 aromatic rings. The van der Waals surface area contributed by atoms with E-state index in [1.807, 2.05) is 24.3 Å². The molecule has 152 valence electrons. The first-order valence-electron chi connectivity index (χ1n) is 9.95. The minimum Gasteiger partial charge on any atom is -0.369 e. The Bertz CT molecular complexity index is 867. The number of ketones is 1. The van der Waals surface area contributed by atoms with Gasteiger partial charge in [-0.15, -0.1) is 0 Å². The number of hydrogen-bond acceptors (Lipinski definition) is 4. The molecule has 1 saturated heterocycles. The van der Waals surface area contributed by atoms with Gasteiger partial charge in [-0.25, -0.2) is 0 Å². The molecular weight excluding hydrogens is 366 g/mol. The zero-order chi connectivity index (χ0) is 20.8. The molecule has 1 aliphatic heterocycles. The Labute approximate surface area is 171 Å². The van der Waals surface area contributed by atoms with Crippen molar-refractivity contribution in [2.24, 2.45) is 11.7 Å². The van der Waals surface area contributed by atoms with Crippen LogP contribution in [-0.2, 0) is 11.2 Å². The predicted molar refractivity (Wildman–Crippen MR) is 113 cm³/mol. The number of nitrogens with one attached hydrogen (secondary N) is 1. The van der Waals surface area contributed by atoms with Crippen LogP contribution in [0.1, 0.15) is 46.0 Å². The van der Waals surface area contributed by atoms with Crippen LogP contribution in [0.5, 0.6) is 0 Å². The number of nitrogens with two attached hydrogens (primary N) is 1. The van der Waals surface area contributed by atoms with Crippen LogP contribution in [0.15, 0.2) is 48.5 Å². The van der Waals surface area contributed by atoms with E-state index in [1.165, 1.54) is 12.5 Å². The van der Waals surface area contributed by atoms with E-state index in [0.717, 1.165) is 44.6 Å². The smallest absolute Gasteiger partial charge is 0.255 e. The first-order valence-corrected chi connectivity index (χ1v) is 9.95. The summed E-state index contributed by atoms with van der Waals surface area (Å²) in [6.07, 6.45) is 2.60. The topological polar surface area (TPSA) is 92.5 Å². The molecule has 0 atom stereocenters. The Morgan fingerprint density at radius 3 is 2.10 bits per heavy atom. The SMILES string of the molecule is CC(=O)c1ccc(C(=O)Nc2ccc(CCN3CCC(C(N)=O)CC3)cc2)cc1. The number of carbonyl (C=O) groups excluding carboxylic acids is 3. The highest BCUT2D eigenvalue weighted by molar-refractivity contribution is 6.05. The average molecular weight is 393 g/mol. The molecule has 29 heavy (non-hydrogen) atoms. The number of amides is 2. The number of primary amides is 1. The fraction of sp³-hybridized carbons (Fsp3) is 0.348. The molecule has 0 radical (unpaired) electrons. The van der Waals surface area contributed by atoms with Crippen molar-refractivity contribution in [3.8, 4) is 0 Å². The van der Waals surface area contributed by atoms with Gasteiger partial charge in [-0.2, -0.15) is 0 Å². The minimum absolute atomic E-state index is 0.0211. The maximum Gasteiger partial charge on any atom is 0.255 e. The van der Waals surface area contributed by atoms with Gasteiger partial charge < -0.3 is 16.0 Å². The number of anilines is 1. The first-order chi connectivity index (χ1) is 13.9. The fourth-order valence-electron chi connectivity index (χ4n) is 3.54. The van der Waals surface area contributed by atoms with Crippen LogP contribution in [0.3, 0.4) is 0 Å². The van der Waals surface area contributed by atoms with Crippen molar-refractivity contribution < 1.29 is 14.4 Å². The number of carbonyl (C=O) groups is 3. The molecule has 2 aromatic carbocycles. The highest BCUT2D eigenvalue weighted by Crippen LogP contribution is 2.18. The second-order valence-corrected chi connectivity index (χ2v) is 7.55. The van der Waals surface area contributed by atoms with E-state index >= 15 is 0 Å². The summed E-state index contributed by atoms with van der Waals surface area (Å²) >= 11 is 0. The number of rotatable bonds is 7. The number of benzene rings is 2. The Hall–Kier alpha value is -2.99. The molecule has 3 N–H and O–H groups in total. The molecule has 1 fully saturated rings. The average Bonchev–Trinajstić information content (AvgIpc) is 2.73. The quantitative estimate of drug-likeness (QED) is 0.708. The normalized spacial score (nSPS) is 15.1. The van der Waals surface area contributed by atoms with Crippen LogP contribution in [0, 0.1) is 5.92 Å². The third-order valence-corrected chi connectivity index (χ3v) is 5.47. The zero-order valence-corrected chi connectivity index (χ0v) is 16.7. The lowest BCUT2D eigenvalue weighted by Crippen LogP contribution is -2.39. The minimum atomic E-state index is -0.204. The number of piperidine rings is 1. The van der Waals surface area contributed by atoms with Crippen molar-refractivity contribution in [3.63, 3.8) is 0 Å². The number of likely N-dealkylation sites (tertiary alicyclic amines) is 1. The van der Waals surface area contributed by atoms with E-state index in [1.54, 1.807) is 24.3 Å². The van der Waals surface area contributed by atoms with Gasteiger partial charge in [0.05, 0.1) is 0 Å². The third-order valence-electron chi connectivity index (χ3n) is 5.47. The number of Topliss-reactive ketones (excluding diaryl/α,β-unsaturated/α-hetero) is 1. The second kappa shape index (κ2) is 9.47. The molecule has 0 aliphatic carbocycles. The second-order valence-electron chi connectivity index (χ2n) is 7.55. The van der Waals surface area contributed by atoms with E-state index < -0.39 is 0 Å². The zero-order valence-electron chi connectivity index (χ0n) is 16.7. The molecule has 2 amide bonds. The van der Waals surface area contributed by atoms with E-state index in [-0.39, 0.29) is 23.5 Å². The van der Waals surface area contributed by atoms with Gasteiger partial charge in [-0.1, -0.05) is 24.3 Å². The van der Waals surface area contributed by atoms with Gasteiger partial charge in [-0.3, -0.25) is 14.4 Å². The van der Waals surface area contributed by atoms with Crippen LogP contribution in [0.4, 0.5) is 5.69 Å². The van der Waals surface area contributed by atoms with Crippen molar-refractivity contribution in [2.75, 3.05) is 25.0 Å². The van der Waals surface area contributed by atoms with E-state index in [2.05, 4.69) is 10.2 Å². The summed E-state index contributed by atoms with van der Waals surface area (Å²) in [7, 11) is 0. The fourth-order valence-corrected chi connectivity index (χ4v) is 3.54. The molecule has 6 heteroatoms. The highest BCUT2D eigenvalue weighted by atomic mass is 16.2. The van der Waals surface area contributed by atoms with Gasteiger partial charge in [0, 0.05) is 29.3 Å². The van der Waals surface area contributed by atoms with E-state index in [9.17, 15) is 14.4 Å². The Morgan fingerprint density at radius 1 is 0.966 bits per heavy atom. The van der Waals surface area contributed by atoms with Crippen molar-refractivity contribution >= 4 is 23.3 Å². The molecule has 0 aromatic heterocycles. The van der Waals surface area contributed by atoms with E-state index in [0.29, 0.717) is 11.1 Å². The Morgan fingerprint density at radius 2 is 1.55 bits per heavy atom. The van der Waals surface area contributed by atoms with Crippen molar-refractivity contribution in [1.29, 1.82) is 0 Å². The molecule has 0 bridgehead atoms. The van der Waals surface area contributed by atoms with Crippen LogP contribution in [-0.4, -0.2) is 42.1 Å². The van der Waals surface area contributed by atoms with Crippen molar-refractivity contribution in [3.05, 3.63) is 65.2 Å². The molecule has 0 unspecified atom stereocenters. The molecular formula is C23H27N3O3. The maximum absolute atomic E-state index is 12.4. The summed E-state index contributed by atoms with van der Waals surface area (Å²) in [5.74, 6) is -0.389. The summed E-state index contributed by atoms with van der Waals surface area (Å²) < 4.78 is 0. The molecule has 0 saturated carbocycles. The lowest BCUT2D eigenvalue weighted by molar-refractivity contribution is -0.123. The summed E-state index contributed by atoms with van der Waals surface area (Å²) in [6, 6.07) is 14.5. The van der Waals surface area contributed by atoms with Crippen molar-refractivity contribution in [1.82, 2.24) is 4.90 Å². The van der Waals surface area contributed by atoms with Crippen LogP contribution in [0.2, 0.25) is 0 Å². The predicted octanol–water partition coefficient (Wildman–Crippen LogP) is 2.88. The molecule has 1 aliphatic rings. The largest absolute Gasteiger partial charge is 0.369 e. The number of hydrogen-bond donors (Lipinski definition) is 2. The van der Waals surface area contributed by atoms with Crippen LogP contribution >= 0.6 is 0 Å². The maximum atomic E-state index is 12.4. The van der Waals surface area contributed by atoms with E-state index in [4.69, 9.17) is 5.73 Å². The summed E-state index contributed by atoms with van der Waals surface area (Å²) in [4.78, 5) is 37.3. The number of nitrogens with zero attached hydrogens (tertiary/aromatic N) is 1. The highest BCUT2D eigenvalue weighted by Gasteiger charge is 2.22. The van der Waals surface area contributed by atoms with Gasteiger partial charge in [-0.05, 0) is 69.1 Å². The summed E-state index contributed by atoms with van der Waals surface area (Å²) in [5, 5.41) is 2.88. The van der Waals surface area contributed by atoms with Crippen molar-refractivity contribution in [2.45, 2.75) is 26.2 Å². The Kier molecular flexibility index (Phi) is 6.77. The van der Waals surface area contributed by atoms with Gasteiger partial charge in [0.15, 0.2) is 5.78 Å². The molecule has 0 spiro atoms. The van der Waals surface area contributed by atoms with Gasteiger partial charge >= 0.3 is 0 Å². The Balaban J connectivity index is 1.48. The molecule has 1 heterocycles. The molecule has 3 rings (SSSR count). The standard InChI is InChI=1S/C23H27N3O3/c1-16(27)18-4-6-20(7-5-18)23(29)25-21-8-2-17(3-9-21)10-13-26-14-11-19(12-15-26)22(24)28/h2-9,19H,10-15H2,1H3,(H2,24,28)(H,25,29). The van der Waals surface area contributed by atoms with Crippen LogP contribution < -0.4 is 11.1 Å². The lowest BCUT2D eigenvalue weighted by atomic mass is 9.96. The third kappa shape index (κ3) is 5.74. The monoisotopic (exact) mass is 393 g/mol. The summed E-state index contributed by atoms with van der Waals surface area (Å²) in [6.45, 7) is 4.26. The molecule has 6 nitrogen and oxygen atoms in total. The van der Waals surface area contributed by atoms with Gasteiger partial charge in [0.1, 0.15) is 0 Å². The summed E-state index contributed by atoms with van der Waals surface area (Å²) in [5.41, 5.74) is 8.41.